The molecule has 0 aromatic carbocycles. The van der Waals surface area contributed by atoms with Crippen molar-refractivity contribution in [2.24, 2.45) is 5.41 Å². The minimum absolute atomic E-state index is 0.0238. The lowest BCUT2D eigenvalue weighted by Gasteiger charge is -2.39. The maximum absolute atomic E-state index is 11.3. The van der Waals surface area contributed by atoms with E-state index in [1.165, 1.54) is 16.7 Å². The van der Waals surface area contributed by atoms with Gasteiger partial charge in [0.25, 0.3) is 0 Å². The molecule has 0 fully saturated rings. The van der Waals surface area contributed by atoms with Crippen LogP contribution in [0.5, 0.6) is 5.88 Å². The quantitative estimate of drug-likeness (QED) is 0.612. The second-order valence-electron chi connectivity index (χ2n) is 5.98. The van der Waals surface area contributed by atoms with Gasteiger partial charge in [-0.1, -0.05) is 32.5 Å². The molecule has 0 bridgehead atoms. The number of carboxylic acid groups (broad SMARTS) is 1. The van der Waals surface area contributed by atoms with E-state index in [0.717, 1.165) is 0 Å². The number of aromatic nitrogens is 2. The highest BCUT2D eigenvalue weighted by Gasteiger charge is 2.38. The fourth-order valence-corrected chi connectivity index (χ4v) is 2.84. The third-order valence-electron chi connectivity index (χ3n) is 3.57. The molecule has 1 aromatic heterocycles. The zero-order chi connectivity index (χ0) is 15.1. The maximum atomic E-state index is 11.3. The van der Waals surface area contributed by atoms with Crippen LogP contribution >= 0.6 is 11.8 Å². The average molecular weight is 297 g/mol. The molecule has 1 amide bonds. The molecule has 0 aliphatic carbocycles. The van der Waals surface area contributed by atoms with Crippen LogP contribution in [0.15, 0.2) is 5.16 Å². The van der Waals surface area contributed by atoms with Gasteiger partial charge in [0.15, 0.2) is 5.16 Å². The van der Waals surface area contributed by atoms with Crippen molar-refractivity contribution in [3.05, 3.63) is 11.3 Å². The molecule has 20 heavy (non-hydrogen) atoms. The summed E-state index contributed by atoms with van der Waals surface area (Å²) in [6.45, 7) is 6.61. The van der Waals surface area contributed by atoms with Gasteiger partial charge >= 0.3 is 6.09 Å². The largest absolute Gasteiger partial charge is 0.493 e. The Bertz CT molecular complexity index is 542. The lowest BCUT2D eigenvalue weighted by molar-refractivity contribution is 0.118. The van der Waals surface area contributed by atoms with Gasteiger partial charge in [-0.3, -0.25) is 0 Å². The molecule has 1 unspecified atom stereocenters. The van der Waals surface area contributed by atoms with Gasteiger partial charge in [-0.05, 0) is 11.7 Å². The summed E-state index contributed by atoms with van der Waals surface area (Å²) in [4.78, 5) is 21.1. The van der Waals surface area contributed by atoms with Crippen LogP contribution in [-0.2, 0) is 6.54 Å². The molecule has 1 aliphatic rings. The Morgan fingerprint density at radius 2 is 2.05 bits per heavy atom. The van der Waals surface area contributed by atoms with Crippen LogP contribution in [0.25, 0.3) is 0 Å². The third-order valence-corrected chi connectivity index (χ3v) is 4.12. The molecule has 0 saturated carbocycles. The summed E-state index contributed by atoms with van der Waals surface area (Å²) in [6, 6.07) is 0. The van der Waals surface area contributed by atoms with E-state index >= 15 is 0 Å². The van der Waals surface area contributed by atoms with Crippen molar-refractivity contribution in [2.45, 2.75) is 38.4 Å². The van der Waals surface area contributed by atoms with Crippen molar-refractivity contribution in [1.82, 2.24) is 14.9 Å². The Labute approximate surface area is 122 Å². The zero-order valence-corrected chi connectivity index (χ0v) is 12.9. The average Bonchev–Trinajstić information content (AvgIpc) is 2.35. The molecule has 6 nitrogen and oxygen atoms in total. The predicted molar refractivity (Wildman–Crippen MR) is 76.1 cm³/mol. The summed E-state index contributed by atoms with van der Waals surface area (Å²) in [6.07, 6.45) is 0.855. The van der Waals surface area contributed by atoms with Crippen LogP contribution in [0.1, 0.15) is 37.9 Å². The van der Waals surface area contributed by atoms with Crippen LogP contribution < -0.4 is 0 Å². The molecule has 1 aromatic rings. The van der Waals surface area contributed by atoms with Gasteiger partial charge in [-0.2, -0.15) is 4.98 Å². The van der Waals surface area contributed by atoms with E-state index in [0.29, 0.717) is 23.0 Å². The van der Waals surface area contributed by atoms with Gasteiger partial charge in [0, 0.05) is 18.0 Å². The second kappa shape index (κ2) is 5.12. The van der Waals surface area contributed by atoms with Crippen molar-refractivity contribution in [3.63, 3.8) is 0 Å². The standard InChI is InChI=1S/C13H19N3O3S/c1-13(2,3)7-5-16(12(18)19)6-8-9(7)10(17)15-11(14-8)20-4/h7H,5-6H2,1-4H3,(H,18,19)(H,14,15,17). The smallest absolute Gasteiger partial charge is 0.407 e. The maximum Gasteiger partial charge on any atom is 0.407 e. The molecular weight excluding hydrogens is 278 g/mol. The Morgan fingerprint density at radius 3 is 2.55 bits per heavy atom. The SMILES string of the molecule is CSc1nc(O)c2c(n1)CN(C(=O)O)CC2C(C)(C)C. The van der Waals surface area contributed by atoms with E-state index in [-0.39, 0.29) is 23.8 Å². The first-order chi connectivity index (χ1) is 9.24. The molecule has 2 rings (SSSR count). The van der Waals surface area contributed by atoms with Crippen molar-refractivity contribution < 1.29 is 15.0 Å². The first-order valence-electron chi connectivity index (χ1n) is 6.35. The van der Waals surface area contributed by atoms with E-state index in [1.807, 2.05) is 27.0 Å². The molecular formula is C13H19N3O3S. The Kier molecular flexibility index (Phi) is 3.82. The summed E-state index contributed by atoms with van der Waals surface area (Å²) in [7, 11) is 0. The first kappa shape index (κ1) is 14.9. The highest BCUT2D eigenvalue weighted by atomic mass is 32.2. The number of hydrogen-bond donors (Lipinski definition) is 2. The highest BCUT2D eigenvalue weighted by Crippen LogP contribution is 2.43. The van der Waals surface area contributed by atoms with Crippen molar-refractivity contribution in [1.29, 1.82) is 0 Å². The summed E-state index contributed by atoms with van der Waals surface area (Å²) in [5, 5.41) is 19.9. The molecule has 1 aliphatic heterocycles. The molecule has 1 atom stereocenters. The summed E-state index contributed by atoms with van der Waals surface area (Å²) >= 11 is 1.33. The summed E-state index contributed by atoms with van der Waals surface area (Å²) in [5.41, 5.74) is 1.10. The molecule has 7 heteroatoms. The minimum atomic E-state index is -0.964. The number of fused-ring (bicyclic) bond motifs is 1. The number of aromatic hydroxyl groups is 1. The molecule has 2 N–H and O–H groups in total. The van der Waals surface area contributed by atoms with E-state index in [4.69, 9.17) is 0 Å². The van der Waals surface area contributed by atoms with Crippen molar-refractivity contribution >= 4 is 17.9 Å². The molecule has 0 saturated heterocycles. The summed E-state index contributed by atoms with van der Waals surface area (Å²) in [5.74, 6) is -0.150. The zero-order valence-electron chi connectivity index (χ0n) is 12.0. The first-order valence-corrected chi connectivity index (χ1v) is 7.58. The van der Waals surface area contributed by atoms with Gasteiger partial charge in [-0.15, -0.1) is 0 Å². The fraction of sp³-hybridized carbons (Fsp3) is 0.615. The Hall–Kier alpha value is -1.50. The van der Waals surface area contributed by atoms with E-state index < -0.39 is 6.09 Å². The summed E-state index contributed by atoms with van der Waals surface area (Å²) < 4.78 is 0. The fourth-order valence-electron chi connectivity index (χ4n) is 2.46. The molecule has 2 heterocycles. The predicted octanol–water partition coefficient (Wildman–Crippen LogP) is 2.53. The van der Waals surface area contributed by atoms with Crippen LogP contribution in [0.4, 0.5) is 4.79 Å². The molecule has 110 valence electrons. The Morgan fingerprint density at radius 1 is 1.40 bits per heavy atom. The van der Waals surface area contributed by atoms with Crippen LogP contribution in [0, 0.1) is 5.41 Å². The van der Waals surface area contributed by atoms with E-state index in [2.05, 4.69) is 9.97 Å². The Balaban J connectivity index is 2.56. The van der Waals surface area contributed by atoms with Crippen LogP contribution in [0.2, 0.25) is 0 Å². The van der Waals surface area contributed by atoms with Gasteiger partial charge in [-0.25, -0.2) is 9.78 Å². The van der Waals surface area contributed by atoms with Crippen LogP contribution in [-0.4, -0.2) is 44.0 Å². The van der Waals surface area contributed by atoms with Crippen molar-refractivity contribution in [3.8, 4) is 5.88 Å². The van der Waals surface area contributed by atoms with Crippen molar-refractivity contribution in [2.75, 3.05) is 12.8 Å². The monoisotopic (exact) mass is 297 g/mol. The number of thioether (sulfide) groups is 1. The van der Waals surface area contributed by atoms with Gasteiger partial charge in [0.1, 0.15) is 0 Å². The van der Waals surface area contributed by atoms with E-state index in [9.17, 15) is 15.0 Å². The molecule has 0 spiro atoms. The molecule has 0 radical (unpaired) electrons. The van der Waals surface area contributed by atoms with Gasteiger partial charge < -0.3 is 15.1 Å². The number of carbonyl (C=O) groups is 1. The number of nitrogens with zero attached hydrogens (tertiary/aromatic N) is 3. The van der Waals surface area contributed by atoms with Crippen LogP contribution in [0.3, 0.4) is 0 Å². The lowest BCUT2D eigenvalue weighted by atomic mass is 9.74. The van der Waals surface area contributed by atoms with Gasteiger partial charge in [0.05, 0.1) is 12.2 Å². The normalized spacial score (nSPS) is 18.8. The number of hydrogen-bond acceptors (Lipinski definition) is 5. The second-order valence-corrected chi connectivity index (χ2v) is 6.75. The lowest BCUT2D eigenvalue weighted by Crippen LogP contribution is -2.42. The number of rotatable bonds is 1. The van der Waals surface area contributed by atoms with Gasteiger partial charge in [0.2, 0.25) is 5.88 Å². The topological polar surface area (TPSA) is 86.6 Å². The minimum Gasteiger partial charge on any atom is -0.493 e. The highest BCUT2D eigenvalue weighted by molar-refractivity contribution is 7.98. The number of amides is 1. The third kappa shape index (κ3) is 2.67. The van der Waals surface area contributed by atoms with E-state index in [1.54, 1.807) is 0 Å².